The van der Waals surface area contributed by atoms with Crippen molar-refractivity contribution < 1.29 is 9.47 Å². The molecule has 0 fully saturated rings. The predicted octanol–water partition coefficient (Wildman–Crippen LogP) is 3.83. The molecule has 2 N–H and O–H groups in total. The normalized spacial score (nSPS) is 14.2. The summed E-state index contributed by atoms with van der Waals surface area (Å²) in [5, 5.41) is 0. The van der Waals surface area contributed by atoms with E-state index in [1.165, 1.54) is 22.4 Å². The van der Waals surface area contributed by atoms with Crippen LogP contribution in [0.15, 0.2) is 41.3 Å². The van der Waals surface area contributed by atoms with Gasteiger partial charge in [0.25, 0.3) is 0 Å². The second-order valence-corrected chi connectivity index (χ2v) is 7.44. The Kier molecular flexibility index (Phi) is 6.10. The SMILES string of the molecule is COc1cc2c(cc1OC)CN(CCCSc1ccc(N)cc1)CC2. The summed E-state index contributed by atoms with van der Waals surface area (Å²) in [5.41, 5.74) is 9.28. The van der Waals surface area contributed by atoms with Gasteiger partial charge in [0.15, 0.2) is 11.5 Å². The lowest BCUT2D eigenvalue weighted by Crippen LogP contribution is -2.31. The zero-order valence-corrected chi connectivity index (χ0v) is 15.8. The van der Waals surface area contributed by atoms with E-state index in [1.54, 1.807) is 14.2 Å². The lowest BCUT2D eigenvalue weighted by molar-refractivity contribution is 0.254. The van der Waals surface area contributed by atoms with E-state index in [9.17, 15) is 0 Å². The number of nitrogens with zero attached hydrogens (tertiary/aromatic N) is 1. The van der Waals surface area contributed by atoms with E-state index in [2.05, 4.69) is 29.2 Å². The van der Waals surface area contributed by atoms with E-state index in [0.29, 0.717) is 0 Å². The van der Waals surface area contributed by atoms with E-state index in [0.717, 1.165) is 49.0 Å². The third kappa shape index (κ3) is 4.61. The summed E-state index contributed by atoms with van der Waals surface area (Å²) in [4.78, 5) is 3.81. The average molecular weight is 359 g/mol. The van der Waals surface area contributed by atoms with Crippen molar-refractivity contribution in [2.75, 3.05) is 38.8 Å². The van der Waals surface area contributed by atoms with Crippen LogP contribution in [0.5, 0.6) is 11.5 Å². The zero-order valence-electron chi connectivity index (χ0n) is 15.0. The number of benzene rings is 2. The number of hydrogen-bond acceptors (Lipinski definition) is 5. The van der Waals surface area contributed by atoms with Gasteiger partial charge >= 0.3 is 0 Å². The first-order chi connectivity index (χ1) is 12.2. The molecule has 4 nitrogen and oxygen atoms in total. The van der Waals surface area contributed by atoms with Crippen LogP contribution in [0.2, 0.25) is 0 Å². The first-order valence-corrected chi connectivity index (χ1v) is 9.62. The fourth-order valence-electron chi connectivity index (χ4n) is 3.17. The van der Waals surface area contributed by atoms with Crippen LogP contribution in [0, 0.1) is 0 Å². The topological polar surface area (TPSA) is 47.7 Å². The van der Waals surface area contributed by atoms with Gasteiger partial charge in [-0.2, -0.15) is 0 Å². The number of anilines is 1. The lowest BCUT2D eigenvalue weighted by atomic mass is 9.98. The Labute approximate surface area is 154 Å². The van der Waals surface area contributed by atoms with Crippen LogP contribution in [-0.2, 0) is 13.0 Å². The van der Waals surface area contributed by atoms with Gasteiger partial charge in [-0.05, 0) is 72.7 Å². The Morgan fingerprint density at radius 1 is 1.04 bits per heavy atom. The predicted molar refractivity (Wildman–Crippen MR) is 105 cm³/mol. The highest BCUT2D eigenvalue weighted by Gasteiger charge is 2.19. The number of ether oxygens (including phenoxy) is 2. The maximum absolute atomic E-state index is 5.72. The number of nitrogens with two attached hydrogens (primary N) is 1. The van der Waals surface area contributed by atoms with Gasteiger partial charge in [0.1, 0.15) is 0 Å². The number of hydrogen-bond donors (Lipinski definition) is 1. The fraction of sp³-hybridized carbons (Fsp3) is 0.400. The number of methoxy groups -OCH3 is 2. The van der Waals surface area contributed by atoms with Gasteiger partial charge in [-0.15, -0.1) is 11.8 Å². The second-order valence-electron chi connectivity index (χ2n) is 6.27. The summed E-state index contributed by atoms with van der Waals surface area (Å²) < 4.78 is 10.8. The summed E-state index contributed by atoms with van der Waals surface area (Å²) in [6.07, 6.45) is 2.25. The number of rotatable bonds is 7. The molecule has 0 aliphatic carbocycles. The van der Waals surface area contributed by atoms with Gasteiger partial charge < -0.3 is 15.2 Å². The van der Waals surface area contributed by atoms with Crippen molar-refractivity contribution in [1.82, 2.24) is 4.90 Å². The molecule has 134 valence electrons. The Balaban J connectivity index is 1.50. The maximum Gasteiger partial charge on any atom is 0.161 e. The molecule has 25 heavy (non-hydrogen) atoms. The molecule has 0 saturated carbocycles. The van der Waals surface area contributed by atoms with Crippen molar-refractivity contribution >= 4 is 17.4 Å². The molecule has 0 saturated heterocycles. The summed E-state index contributed by atoms with van der Waals surface area (Å²) in [5.74, 6) is 2.77. The average Bonchev–Trinajstić information content (AvgIpc) is 2.65. The van der Waals surface area contributed by atoms with Crippen molar-refractivity contribution in [3.05, 3.63) is 47.5 Å². The Hall–Kier alpha value is -1.85. The quantitative estimate of drug-likeness (QED) is 0.463. The number of thioether (sulfide) groups is 1. The Morgan fingerprint density at radius 3 is 2.40 bits per heavy atom. The van der Waals surface area contributed by atoms with Gasteiger partial charge in [0, 0.05) is 23.7 Å². The molecule has 0 unspecified atom stereocenters. The molecule has 5 heteroatoms. The largest absolute Gasteiger partial charge is 0.493 e. The van der Waals surface area contributed by atoms with Crippen LogP contribution in [0.4, 0.5) is 5.69 Å². The van der Waals surface area contributed by atoms with E-state index < -0.39 is 0 Å². The van der Waals surface area contributed by atoms with Crippen molar-refractivity contribution in [2.45, 2.75) is 24.3 Å². The van der Waals surface area contributed by atoms with Crippen LogP contribution >= 0.6 is 11.8 Å². The van der Waals surface area contributed by atoms with E-state index in [4.69, 9.17) is 15.2 Å². The zero-order chi connectivity index (χ0) is 17.6. The number of fused-ring (bicyclic) bond motifs is 1. The molecule has 1 aliphatic rings. The second kappa shape index (κ2) is 8.50. The maximum atomic E-state index is 5.72. The molecule has 0 bridgehead atoms. The molecule has 0 spiro atoms. The standard InChI is InChI=1S/C20H26N2O2S/c1-23-19-12-15-8-10-22(14-16(15)13-20(19)24-2)9-3-11-25-18-6-4-17(21)5-7-18/h4-7,12-13H,3,8-11,14,21H2,1-2H3. The van der Waals surface area contributed by atoms with Crippen LogP contribution in [-0.4, -0.2) is 38.0 Å². The molecule has 1 heterocycles. The van der Waals surface area contributed by atoms with Gasteiger partial charge in [0.05, 0.1) is 14.2 Å². The van der Waals surface area contributed by atoms with E-state index in [-0.39, 0.29) is 0 Å². The van der Waals surface area contributed by atoms with Gasteiger partial charge in [-0.3, -0.25) is 4.90 Å². The monoisotopic (exact) mass is 358 g/mol. The Bertz CT molecular complexity index is 704. The van der Waals surface area contributed by atoms with Crippen molar-refractivity contribution in [1.29, 1.82) is 0 Å². The highest BCUT2D eigenvalue weighted by atomic mass is 32.2. The molecular weight excluding hydrogens is 332 g/mol. The first kappa shape index (κ1) is 18.0. The van der Waals surface area contributed by atoms with Crippen LogP contribution < -0.4 is 15.2 Å². The first-order valence-electron chi connectivity index (χ1n) is 8.64. The fourth-order valence-corrected chi connectivity index (χ4v) is 4.01. The minimum Gasteiger partial charge on any atom is -0.493 e. The lowest BCUT2D eigenvalue weighted by Gasteiger charge is -2.29. The molecule has 2 aromatic carbocycles. The van der Waals surface area contributed by atoms with Crippen LogP contribution in [0.1, 0.15) is 17.5 Å². The highest BCUT2D eigenvalue weighted by Crippen LogP contribution is 2.33. The molecule has 1 aliphatic heterocycles. The smallest absolute Gasteiger partial charge is 0.161 e. The molecule has 2 aromatic rings. The third-order valence-corrected chi connectivity index (χ3v) is 5.66. The van der Waals surface area contributed by atoms with Gasteiger partial charge in [-0.25, -0.2) is 0 Å². The molecule has 3 rings (SSSR count). The summed E-state index contributed by atoms with van der Waals surface area (Å²) in [7, 11) is 3.39. The van der Waals surface area contributed by atoms with Gasteiger partial charge in [0.2, 0.25) is 0 Å². The van der Waals surface area contributed by atoms with Crippen LogP contribution in [0.3, 0.4) is 0 Å². The van der Waals surface area contributed by atoms with Gasteiger partial charge in [-0.1, -0.05) is 0 Å². The molecule has 0 amide bonds. The summed E-state index contributed by atoms with van der Waals surface area (Å²) in [6.45, 7) is 3.22. The van der Waals surface area contributed by atoms with Crippen LogP contribution in [0.25, 0.3) is 0 Å². The van der Waals surface area contributed by atoms with Crippen molar-refractivity contribution in [3.8, 4) is 11.5 Å². The highest BCUT2D eigenvalue weighted by molar-refractivity contribution is 7.99. The molecule has 0 radical (unpaired) electrons. The minimum atomic E-state index is 0.821. The molecule has 0 aromatic heterocycles. The number of nitrogen functional groups attached to an aromatic ring is 1. The van der Waals surface area contributed by atoms with Crippen molar-refractivity contribution in [3.63, 3.8) is 0 Å². The van der Waals surface area contributed by atoms with Crippen molar-refractivity contribution in [2.24, 2.45) is 0 Å². The Morgan fingerprint density at radius 2 is 1.72 bits per heavy atom. The van der Waals surface area contributed by atoms with E-state index >= 15 is 0 Å². The minimum absolute atomic E-state index is 0.821. The van der Waals surface area contributed by atoms with E-state index in [1.807, 2.05) is 23.9 Å². The molecule has 0 atom stereocenters. The molecular formula is C20H26N2O2S. The summed E-state index contributed by atoms with van der Waals surface area (Å²) >= 11 is 1.90. The summed E-state index contributed by atoms with van der Waals surface area (Å²) in [6, 6.07) is 12.4. The third-order valence-electron chi connectivity index (χ3n) is 4.56.